The lowest BCUT2D eigenvalue weighted by atomic mass is 10.0. The average Bonchev–Trinajstić information content (AvgIpc) is 2.26. The zero-order chi connectivity index (χ0) is 10.4. The number of rotatable bonds is 5. The standard InChI is InChI=1S/C13H21N/c1-3-5-6-11-7-9-12(10-8-11)13(14)4-2/h7-10,13H,3-6,14H2,1-2H3. The van der Waals surface area contributed by atoms with Crippen LogP contribution in [0.2, 0.25) is 0 Å². The van der Waals surface area contributed by atoms with E-state index in [0.717, 1.165) is 6.42 Å². The Morgan fingerprint density at radius 1 is 1.14 bits per heavy atom. The summed E-state index contributed by atoms with van der Waals surface area (Å²) in [6.07, 6.45) is 4.74. The van der Waals surface area contributed by atoms with Crippen molar-refractivity contribution in [2.24, 2.45) is 5.73 Å². The molecule has 0 aromatic heterocycles. The Morgan fingerprint density at radius 2 is 1.79 bits per heavy atom. The summed E-state index contributed by atoms with van der Waals surface area (Å²) in [5.41, 5.74) is 8.63. The van der Waals surface area contributed by atoms with Crippen molar-refractivity contribution in [2.45, 2.75) is 45.6 Å². The van der Waals surface area contributed by atoms with Gasteiger partial charge in [-0.1, -0.05) is 44.5 Å². The van der Waals surface area contributed by atoms with Crippen LogP contribution < -0.4 is 5.73 Å². The van der Waals surface area contributed by atoms with Crippen LogP contribution >= 0.6 is 0 Å². The van der Waals surface area contributed by atoms with Gasteiger partial charge in [-0.3, -0.25) is 0 Å². The van der Waals surface area contributed by atoms with Crippen molar-refractivity contribution in [3.63, 3.8) is 0 Å². The molecule has 1 aromatic carbocycles. The average molecular weight is 191 g/mol. The van der Waals surface area contributed by atoms with E-state index < -0.39 is 0 Å². The molecule has 0 bridgehead atoms. The van der Waals surface area contributed by atoms with Gasteiger partial charge in [0.05, 0.1) is 0 Å². The Bertz CT molecular complexity index is 250. The summed E-state index contributed by atoms with van der Waals surface area (Å²) >= 11 is 0. The zero-order valence-corrected chi connectivity index (χ0v) is 9.29. The van der Waals surface area contributed by atoms with E-state index in [4.69, 9.17) is 5.73 Å². The van der Waals surface area contributed by atoms with Gasteiger partial charge >= 0.3 is 0 Å². The molecule has 1 heteroatoms. The second kappa shape index (κ2) is 5.82. The van der Waals surface area contributed by atoms with E-state index in [1.54, 1.807) is 0 Å². The highest BCUT2D eigenvalue weighted by molar-refractivity contribution is 5.24. The van der Waals surface area contributed by atoms with E-state index in [2.05, 4.69) is 38.1 Å². The zero-order valence-electron chi connectivity index (χ0n) is 9.29. The fraction of sp³-hybridized carbons (Fsp3) is 0.538. The van der Waals surface area contributed by atoms with Crippen molar-refractivity contribution in [3.8, 4) is 0 Å². The first-order valence-corrected chi connectivity index (χ1v) is 5.62. The van der Waals surface area contributed by atoms with E-state index in [0.29, 0.717) is 0 Å². The Balaban J connectivity index is 2.59. The fourth-order valence-corrected chi connectivity index (χ4v) is 1.55. The monoisotopic (exact) mass is 191 g/mol. The lowest BCUT2D eigenvalue weighted by Gasteiger charge is -2.09. The third-order valence-corrected chi connectivity index (χ3v) is 2.67. The summed E-state index contributed by atoms with van der Waals surface area (Å²) in [7, 11) is 0. The Morgan fingerprint density at radius 3 is 2.29 bits per heavy atom. The largest absolute Gasteiger partial charge is 0.324 e. The van der Waals surface area contributed by atoms with Crippen molar-refractivity contribution in [1.82, 2.24) is 0 Å². The molecule has 0 radical (unpaired) electrons. The number of aryl methyl sites for hydroxylation is 1. The Hall–Kier alpha value is -0.820. The lowest BCUT2D eigenvalue weighted by Crippen LogP contribution is -2.08. The highest BCUT2D eigenvalue weighted by Gasteiger charge is 2.01. The van der Waals surface area contributed by atoms with E-state index >= 15 is 0 Å². The van der Waals surface area contributed by atoms with Crippen LogP contribution in [0.5, 0.6) is 0 Å². The third kappa shape index (κ3) is 3.15. The molecule has 78 valence electrons. The highest BCUT2D eigenvalue weighted by atomic mass is 14.6. The fourth-order valence-electron chi connectivity index (χ4n) is 1.55. The second-order valence-electron chi connectivity index (χ2n) is 3.86. The van der Waals surface area contributed by atoms with Crippen LogP contribution in [0.15, 0.2) is 24.3 Å². The van der Waals surface area contributed by atoms with Gasteiger partial charge in [0.25, 0.3) is 0 Å². The molecule has 0 saturated heterocycles. The van der Waals surface area contributed by atoms with Crippen molar-refractivity contribution >= 4 is 0 Å². The minimum absolute atomic E-state index is 0.204. The number of hydrogen-bond donors (Lipinski definition) is 1. The summed E-state index contributed by atoms with van der Waals surface area (Å²) in [6, 6.07) is 8.95. The number of nitrogens with two attached hydrogens (primary N) is 1. The first kappa shape index (κ1) is 11.3. The maximum atomic E-state index is 5.94. The molecular formula is C13H21N. The number of benzene rings is 1. The maximum Gasteiger partial charge on any atom is 0.0292 e. The first-order valence-electron chi connectivity index (χ1n) is 5.62. The third-order valence-electron chi connectivity index (χ3n) is 2.67. The molecule has 1 aromatic rings. The predicted octanol–water partition coefficient (Wildman–Crippen LogP) is 3.44. The molecule has 0 aliphatic heterocycles. The van der Waals surface area contributed by atoms with Crippen molar-refractivity contribution < 1.29 is 0 Å². The van der Waals surface area contributed by atoms with Gasteiger partial charge in [-0.2, -0.15) is 0 Å². The second-order valence-corrected chi connectivity index (χ2v) is 3.86. The summed E-state index contributed by atoms with van der Waals surface area (Å²) in [5, 5.41) is 0. The van der Waals surface area contributed by atoms with E-state index in [1.165, 1.54) is 30.4 Å². The lowest BCUT2D eigenvalue weighted by molar-refractivity contribution is 0.697. The van der Waals surface area contributed by atoms with Gasteiger partial charge in [-0.15, -0.1) is 0 Å². The molecule has 1 unspecified atom stereocenters. The molecule has 1 nitrogen and oxygen atoms in total. The molecule has 0 aliphatic carbocycles. The molecule has 0 fully saturated rings. The van der Waals surface area contributed by atoms with Gasteiger partial charge < -0.3 is 5.73 Å². The van der Waals surface area contributed by atoms with E-state index in [-0.39, 0.29) is 6.04 Å². The Kier molecular flexibility index (Phi) is 4.68. The molecule has 14 heavy (non-hydrogen) atoms. The van der Waals surface area contributed by atoms with Crippen molar-refractivity contribution in [3.05, 3.63) is 35.4 Å². The molecule has 1 atom stereocenters. The van der Waals surface area contributed by atoms with Crippen LogP contribution in [0.3, 0.4) is 0 Å². The van der Waals surface area contributed by atoms with Gasteiger partial charge in [0.1, 0.15) is 0 Å². The van der Waals surface area contributed by atoms with Crippen LogP contribution in [0, 0.1) is 0 Å². The SMILES string of the molecule is CCCCc1ccc(C(N)CC)cc1. The number of hydrogen-bond acceptors (Lipinski definition) is 1. The predicted molar refractivity (Wildman–Crippen MR) is 62.3 cm³/mol. The van der Waals surface area contributed by atoms with Gasteiger partial charge in [0.15, 0.2) is 0 Å². The quantitative estimate of drug-likeness (QED) is 0.758. The smallest absolute Gasteiger partial charge is 0.0292 e. The molecule has 1 rings (SSSR count). The molecular weight excluding hydrogens is 170 g/mol. The van der Waals surface area contributed by atoms with Gasteiger partial charge in [0.2, 0.25) is 0 Å². The topological polar surface area (TPSA) is 26.0 Å². The van der Waals surface area contributed by atoms with Crippen molar-refractivity contribution in [2.75, 3.05) is 0 Å². The molecule has 0 saturated carbocycles. The summed E-state index contributed by atoms with van der Waals surface area (Å²) < 4.78 is 0. The minimum Gasteiger partial charge on any atom is -0.324 e. The number of unbranched alkanes of at least 4 members (excludes halogenated alkanes) is 1. The minimum atomic E-state index is 0.204. The molecule has 2 N–H and O–H groups in total. The van der Waals surface area contributed by atoms with Crippen LogP contribution in [0.4, 0.5) is 0 Å². The van der Waals surface area contributed by atoms with Crippen molar-refractivity contribution in [1.29, 1.82) is 0 Å². The van der Waals surface area contributed by atoms with Gasteiger partial charge in [0, 0.05) is 6.04 Å². The summed E-state index contributed by atoms with van der Waals surface area (Å²) in [4.78, 5) is 0. The van der Waals surface area contributed by atoms with Gasteiger partial charge in [-0.05, 0) is 30.4 Å². The van der Waals surface area contributed by atoms with Crippen LogP contribution in [-0.2, 0) is 6.42 Å². The normalized spacial score (nSPS) is 12.8. The first-order chi connectivity index (χ1) is 6.77. The van der Waals surface area contributed by atoms with Crippen LogP contribution in [0.25, 0.3) is 0 Å². The summed E-state index contributed by atoms with van der Waals surface area (Å²) in [5.74, 6) is 0. The van der Waals surface area contributed by atoms with Gasteiger partial charge in [-0.25, -0.2) is 0 Å². The Labute approximate surface area is 87.3 Å². The van der Waals surface area contributed by atoms with Crippen LogP contribution in [0.1, 0.15) is 50.3 Å². The molecule has 0 spiro atoms. The summed E-state index contributed by atoms with van der Waals surface area (Å²) in [6.45, 7) is 4.34. The van der Waals surface area contributed by atoms with E-state index in [1.807, 2.05) is 0 Å². The molecule has 0 heterocycles. The highest BCUT2D eigenvalue weighted by Crippen LogP contribution is 2.15. The maximum absolute atomic E-state index is 5.94. The molecule has 0 aliphatic rings. The van der Waals surface area contributed by atoms with E-state index in [9.17, 15) is 0 Å². The molecule has 0 amide bonds. The van der Waals surface area contributed by atoms with Crippen LogP contribution in [-0.4, -0.2) is 0 Å².